The van der Waals surface area contributed by atoms with Gasteiger partial charge in [-0.25, -0.2) is 19.2 Å². The molecule has 0 bridgehead atoms. The molecule has 0 unspecified atom stereocenters. The molecule has 0 aliphatic carbocycles. The lowest BCUT2D eigenvalue weighted by molar-refractivity contribution is -0.288. The molecule has 1 aliphatic heterocycles. The topological polar surface area (TPSA) is 168 Å². The van der Waals surface area contributed by atoms with Gasteiger partial charge in [-0.2, -0.15) is 0 Å². The van der Waals surface area contributed by atoms with Crippen LogP contribution in [0.15, 0.2) is 111 Å². The van der Waals surface area contributed by atoms with E-state index in [2.05, 4.69) is 23.1 Å². The van der Waals surface area contributed by atoms with Crippen LogP contribution in [0.2, 0.25) is 0 Å². The lowest BCUT2D eigenvalue weighted by atomic mass is 10.1. The highest BCUT2D eigenvalue weighted by Crippen LogP contribution is 2.25. The van der Waals surface area contributed by atoms with Gasteiger partial charge in [-0.05, 0) is 74.2 Å². The highest BCUT2D eigenvalue weighted by atomic mass is 16.8. The first-order chi connectivity index (χ1) is 35.3. The first-order valence-corrected chi connectivity index (χ1v) is 25.9. The summed E-state index contributed by atoms with van der Waals surface area (Å²) >= 11 is 0. The summed E-state index contributed by atoms with van der Waals surface area (Å²) in [7, 11) is 0. The molecule has 0 saturated carbocycles. The van der Waals surface area contributed by atoms with E-state index in [-0.39, 0.29) is 36.3 Å². The van der Waals surface area contributed by atoms with Gasteiger partial charge in [0.25, 0.3) is 12.6 Å². The maximum Gasteiger partial charge on any atom is 0.340 e. The van der Waals surface area contributed by atoms with E-state index in [0.29, 0.717) is 37.9 Å². The van der Waals surface area contributed by atoms with Crippen LogP contribution in [0.1, 0.15) is 149 Å². The average Bonchev–Trinajstić information content (AvgIpc) is 3.41. The van der Waals surface area contributed by atoms with Crippen molar-refractivity contribution in [2.24, 2.45) is 0 Å². The molecule has 14 heteroatoms. The van der Waals surface area contributed by atoms with Crippen molar-refractivity contribution in [3.63, 3.8) is 0 Å². The summed E-state index contributed by atoms with van der Waals surface area (Å²) < 4.78 is 44.4. The standard InChI is InChI=1S/C58H74N2O12/c1-3-53(61)67-39-23-19-15-11-7-5-9-13-17-21-37-65-49-33-35-51(59-43-49)45-25-29-47(30-26-45)55(63)71-57-58(70-42-41-69-57)72-56(64)48-31-27-46(28-32-48)52-36-34-50(44-60-52)66-38-22-18-14-10-6-8-12-16-20-24-40-68-54(62)4-2/h3-4,25-36,43-44,57-58H,1-2,5-24,37-42H2/t57-,58-/m1/s1. The zero-order valence-electron chi connectivity index (χ0n) is 42.0. The predicted octanol–water partition coefficient (Wildman–Crippen LogP) is 12.5. The Hall–Kier alpha value is -6.38. The number of pyridine rings is 2. The zero-order chi connectivity index (χ0) is 50.9. The van der Waals surface area contributed by atoms with Crippen molar-refractivity contribution in [2.45, 2.75) is 141 Å². The number of ether oxygens (including phenoxy) is 8. The monoisotopic (exact) mass is 991 g/mol. The number of benzene rings is 2. The molecular formula is C58H74N2O12. The van der Waals surface area contributed by atoms with E-state index in [0.717, 1.165) is 73.9 Å². The van der Waals surface area contributed by atoms with E-state index in [1.807, 2.05) is 24.3 Å². The summed E-state index contributed by atoms with van der Waals surface area (Å²) in [6.45, 7) is 9.33. The first-order valence-electron chi connectivity index (χ1n) is 25.9. The van der Waals surface area contributed by atoms with E-state index < -0.39 is 24.5 Å². The predicted molar refractivity (Wildman–Crippen MR) is 275 cm³/mol. The summed E-state index contributed by atoms with van der Waals surface area (Å²) in [6, 6.07) is 21.3. The van der Waals surface area contributed by atoms with Crippen LogP contribution < -0.4 is 9.47 Å². The Morgan fingerprint density at radius 3 is 1.07 bits per heavy atom. The van der Waals surface area contributed by atoms with E-state index in [1.54, 1.807) is 60.9 Å². The number of aromatic nitrogens is 2. The second kappa shape index (κ2) is 34.1. The molecule has 0 N–H and O–H groups in total. The summed E-state index contributed by atoms with van der Waals surface area (Å²) in [4.78, 5) is 57.6. The number of carbonyl (C=O) groups excluding carboxylic acids is 4. The second-order valence-electron chi connectivity index (χ2n) is 17.7. The molecule has 388 valence electrons. The van der Waals surface area contributed by atoms with E-state index in [4.69, 9.17) is 37.9 Å². The van der Waals surface area contributed by atoms with Crippen LogP contribution in [0, 0.1) is 0 Å². The fraction of sp³-hybridized carbons (Fsp3) is 0.483. The number of hydrogen-bond donors (Lipinski definition) is 0. The minimum atomic E-state index is -1.26. The summed E-state index contributed by atoms with van der Waals surface area (Å²) in [5.74, 6) is -0.605. The van der Waals surface area contributed by atoms with E-state index in [1.165, 1.54) is 89.2 Å². The van der Waals surface area contributed by atoms with Gasteiger partial charge < -0.3 is 37.9 Å². The average molecular weight is 991 g/mol. The Bertz CT molecular complexity index is 2040. The first kappa shape index (κ1) is 56.5. The third kappa shape index (κ3) is 21.9. The van der Waals surface area contributed by atoms with E-state index >= 15 is 0 Å². The summed E-state index contributed by atoms with van der Waals surface area (Å²) in [6.07, 6.45) is 26.0. The molecule has 4 aromatic rings. The molecule has 2 aromatic heterocycles. The van der Waals surface area contributed by atoms with Crippen molar-refractivity contribution in [1.29, 1.82) is 0 Å². The molecule has 2 aromatic carbocycles. The number of rotatable bonds is 36. The van der Waals surface area contributed by atoms with Gasteiger partial charge in [0.1, 0.15) is 11.5 Å². The Labute approximate surface area is 425 Å². The van der Waals surface area contributed by atoms with Gasteiger partial charge in [0.05, 0.1) is 74.5 Å². The highest BCUT2D eigenvalue weighted by Gasteiger charge is 2.34. The minimum Gasteiger partial charge on any atom is -0.492 e. The number of hydrogen-bond acceptors (Lipinski definition) is 14. The molecule has 0 radical (unpaired) electrons. The molecule has 0 spiro atoms. The Morgan fingerprint density at radius 1 is 0.444 bits per heavy atom. The van der Waals surface area contributed by atoms with Crippen LogP contribution in [0.5, 0.6) is 11.5 Å². The highest BCUT2D eigenvalue weighted by molar-refractivity contribution is 5.91. The van der Waals surface area contributed by atoms with Crippen LogP contribution in [0.3, 0.4) is 0 Å². The fourth-order valence-electron chi connectivity index (χ4n) is 7.92. The van der Waals surface area contributed by atoms with Gasteiger partial charge in [-0.15, -0.1) is 0 Å². The van der Waals surface area contributed by atoms with Crippen LogP contribution in [-0.4, -0.2) is 86.1 Å². The Morgan fingerprint density at radius 2 is 0.764 bits per heavy atom. The summed E-state index contributed by atoms with van der Waals surface area (Å²) in [5.41, 5.74) is 3.66. The molecule has 3 heterocycles. The molecule has 2 atom stereocenters. The maximum atomic E-state index is 13.2. The van der Waals surface area contributed by atoms with Gasteiger partial charge in [0, 0.05) is 23.3 Å². The molecule has 5 rings (SSSR count). The number of carbonyl (C=O) groups is 4. The quantitative estimate of drug-likeness (QED) is 0.0183. The lowest BCUT2D eigenvalue weighted by Crippen LogP contribution is -2.44. The zero-order valence-corrected chi connectivity index (χ0v) is 42.0. The minimum absolute atomic E-state index is 0.160. The van der Waals surface area contributed by atoms with Crippen molar-refractivity contribution in [3.05, 3.63) is 122 Å². The van der Waals surface area contributed by atoms with Gasteiger partial charge in [-0.3, -0.25) is 9.97 Å². The van der Waals surface area contributed by atoms with Crippen molar-refractivity contribution < 1.29 is 57.1 Å². The number of unbranched alkanes of at least 4 members (excludes halogenated alkanes) is 18. The molecule has 72 heavy (non-hydrogen) atoms. The normalized spacial score (nSPS) is 14.2. The van der Waals surface area contributed by atoms with Crippen LogP contribution in [0.4, 0.5) is 0 Å². The Balaban J connectivity index is 0.927. The van der Waals surface area contributed by atoms with Crippen LogP contribution in [0.25, 0.3) is 22.5 Å². The van der Waals surface area contributed by atoms with Gasteiger partial charge in [0.15, 0.2) is 0 Å². The third-order valence-electron chi connectivity index (χ3n) is 12.1. The van der Waals surface area contributed by atoms with Gasteiger partial charge in [-0.1, -0.05) is 140 Å². The maximum absolute atomic E-state index is 13.2. The fourth-order valence-corrected chi connectivity index (χ4v) is 7.92. The van der Waals surface area contributed by atoms with Crippen molar-refractivity contribution in [2.75, 3.05) is 39.6 Å². The Kier molecular flexibility index (Phi) is 26.7. The van der Waals surface area contributed by atoms with Gasteiger partial charge in [0.2, 0.25) is 0 Å². The summed E-state index contributed by atoms with van der Waals surface area (Å²) in [5, 5.41) is 0. The number of esters is 4. The lowest BCUT2D eigenvalue weighted by Gasteiger charge is -2.30. The molecule has 1 fully saturated rings. The van der Waals surface area contributed by atoms with Crippen molar-refractivity contribution in [1.82, 2.24) is 9.97 Å². The van der Waals surface area contributed by atoms with Gasteiger partial charge >= 0.3 is 23.9 Å². The molecule has 14 nitrogen and oxygen atoms in total. The third-order valence-corrected chi connectivity index (χ3v) is 12.1. The number of nitrogens with zero attached hydrogens (tertiary/aromatic N) is 2. The van der Waals surface area contributed by atoms with Crippen molar-refractivity contribution in [3.8, 4) is 34.0 Å². The SMILES string of the molecule is C=CC(=O)OCCCCCCCCCCCCOc1ccc(-c2ccc(C(=O)O[C@H]3OCCO[C@@H]3OC(=O)c3ccc(-c4ccc(OCCCCCCCCCCCCOC(=O)C=C)cn4)cc3)cc2)nc1. The molecule has 0 amide bonds. The smallest absolute Gasteiger partial charge is 0.340 e. The van der Waals surface area contributed by atoms with Crippen LogP contribution in [-0.2, 0) is 38.0 Å². The molecule has 1 saturated heterocycles. The molecular weight excluding hydrogens is 917 g/mol. The van der Waals surface area contributed by atoms with Crippen LogP contribution >= 0.6 is 0 Å². The van der Waals surface area contributed by atoms with E-state index in [9.17, 15) is 19.2 Å². The van der Waals surface area contributed by atoms with Crippen molar-refractivity contribution >= 4 is 23.9 Å². The largest absolute Gasteiger partial charge is 0.492 e. The molecule has 1 aliphatic rings. The second-order valence-corrected chi connectivity index (χ2v) is 17.7.